The van der Waals surface area contributed by atoms with Gasteiger partial charge in [0.25, 0.3) is 0 Å². The summed E-state index contributed by atoms with van der Waals surface area (Å²) in [6.45, 7) is 0. The fraction of sp³-hybridized carbons (Fsp3) is 0. The third kappa shape index (κ3) is 4.64. The zero-order chi connectivity index (χ0) is 30.5. The van der Waals surface area contributed by atoms with Gasteiger partial charge < -0.3 is 0 Å². The Balaban J connectivity index is 1.17. The van der Waals surface area contributed by atoms with Crippen LogP contribution in [0.2, 0.25) is 0 Å². The normalized spacial score (nSPS) is 11.5. The Kier molecular flexibility index (Phi) is 6.25. The van der Waals surface area contributed by atoms with Crippen LogP contribution in [0, 0.1) is 0 Å². The molecule has 0 spiro atoms. The van der Waals surface area contributed by atoms with Crippen LogP contribution in [-0.4, -0.2) is 0 Å². The second kappa shape index (κ2) is 10.9. The molecular weight excluding hydrogens is 553 g/mol. The van der Waals surface area contributed by atoms with Crippen LogP contribution in [0.1, 0.15) is 0 Å². The highest BCUT2D eigenvalue weighted by molar-refractivity contribution is 6.17. The number of rotatable bonds is 4. The van der Waals surface area contributed by atoms with Gasteiger partial charge in [0.1, 0.15) is 0 Å². The second-order valence-electron chi connectivity index (χ2n) is 12.2. The van der Waals surface area contributed by atoms with Crippen molar-refractivity contribution in [2.45, 2.75) is 0 Å². The Hall–Kier alpha value is -5.98. The average molecular weight is 583 g/mol. The molecule has 0 aromatic heterocycles. The Bertz CT molecular complexity index is 2500. The van der Waals surface area contributed by atoms with Crippen molar-refractivity contribution in [2.24, 2.45) is 0 Å². The van der Waals surface area contributed by atoms with E-state index >= 15 is 0 Å². The molecule has 0 heteroatoms. The maximum Gasteiger partial charge on any atom is -0.00987 e. The van der Waals surface area contributed by atoms with Crippen LogP contribution in [0.5, 0.6) is 0 Å². The summed E-state index contributed by atoms with van der Waals surface area (Å²) in [5, 5.41) is 10.2. The summed E-state index contributed by atoms with van der Waals surface area (Å²) < 4.78 is 0. The van der Waals surface area contributed by atoms with Crippen LogP contribution in [-0.2, 0) is 0 Å². The molecule has 0 unspecified atom stereocenters. The smallest absolute Gasteiger partial charge is 0.00987 e. The number of fused-ring (bicyclic) bond motifs is 6. The third-order valence-corrected chi connectivity index (χ3v) is 9.40. The van der Waals surface area contributed by atoms with Crippen molar-refractivity contribution >= 4 is 43.1 Å². The van der Waals surface area contributed by atoms with Gasteiger partial charge in [-0.2, -0.15) is 0 Å². The molecule has 0 radical (unpaired) electrons. The maximum atomic E-state index is 2.37. The molecule has 0 saturated heterocycles. The Morgan fingerprint density at radius 3 is 1.24 bits per heavy atom. The Morgan fingerprint density at radius 1 is 0.174 bits per heavy atom. The van der Waals surface area contributed by atoms with Crippen molar-refractivity contribution in [3.8, 4) is 44.5 Å². The predicted molar refractivity (Wildman–Crippen MR) is 198 cm³/mol. The molecule has 9 aromatic rings. The van der Waals surface area contributed by atoms with E-state index in [4.69, 9.17) is 0 Å². The molecule has 9 aromatic carbocycles. The lowest BCUT2D eigenvalue weighted by molar-refractivity contribution is 1.57. The van der Waals surface area contributed by atoms with Gasteiger partial charge in [-0.05, 0) is 124 Å². The molecule has 0 amide bonds. The number of hydrogen-bond donors (Lipinski definition) is 0. The SMILES string of the molecule is c1ccc(-c2cc(-c3ccccc3)cc(-c3ccc4ccc(-c5ccc6ccc7c8ccccc8ccc7c6c5)cc4c3)c2)cc1. The van der Waals surface area contributed by atoms with E-state index in [1.54, 1.807) is 0 Å². The third-order valence-electron chi connectivity index (χ3n) is 9.40. The molecule has 0 atom stereocenters. The van der Waals surface area contributed by atoms with Gasteiger partial charge in [-0.15, -0.1) is 0 Å². The van der Waals surface area contributed by atoms with Crippen molar-refractivity contribution in [2.75, 3.05) is 0 Å². The molecule has 0 nitrogen and oxygen atoms in total. The van der Waals surface area contributed by atoms with Gasteiger partial charge in [-0.1, -0.05) is 146 Å². The van der Waals surface area contributed by atoms with Crippen LogP contribution in [0.4, 0.5) is 0 Å². The lowest BCUT2D eigenvalue weighted by atomic mass is 9.91. The van der Waals surface area contributed by atoms with Crippen LogP contribution in [0.3, 0.4) is 0 Å². The van der Waals surface area contributed by atoms with E-state index in [1.165, 1.54) is 87.6 Å². The van der Waals surface area contributed by atoms with Crippen LogP contribution < -0.4 is 0 Å². The highest BCUT2D eigenvalue weighted by Crippen LogP contribution is 2.37. The van der Waals surface area contributed by atoms with Gasteiger partial charge in [0.2, 0.25) is 0 Å². The molecule has 0 N–H and O–H groups in total. The largest absolute Gasteiger partial charge is 0.0622 e. The fourth-order valence-corrected chi connectivity index (χ4v) is 6.99. The van der Waals surface area contributed by atoms with Crippen LogP contribution in [0.25, 0.3) is 87.6 Å². The lowest BCUT2D eigenvalue weighted by Gasteiger charge is -2.13. The van der Waals surface area contributed by atoms with Gasteiger partial charge in [0.05, 0.1) is 0 Å². The number of hydrogen-bond acceptors (Lipinski definition) is 0. The van der Waals surface area contributed by atoms with Crippen molar-refractivity contribution in [3.63, 3.8) is 0 Å². The Morgan fingerprint density at radius 2 is 0.609 bits per heavy atom. The average Bonchev–Trinajstić information content (AvgIpc) is 3.14. The molecule has 46 heavy (non-hydrogen) atoms. The maximum absolute atomic E-state index is 2.37. The summed E-state index contributed by atoms with van der Waals surface area (Å²) in [4.78, 5) is 0. The van der Waals surface area contributed by atoms with Crippen molar-refractivity contribution < 1.29 is 0 Å². The first-order valence-corrected chi connectivity index (χ1v) is 15.9. The molecule has 0 aliphatic rings. The van der Waals surface area contributed by atoms with Crippen LogP contribution in [0.15, 0.2) is 182 Å². The molecule has 0 saturated carbocycles. The molecule has 0 aliphatic heterocycles. The molecule has 9 rings (SSSR count). The summed E-state index contributed by atoms with van der Waals surface area (Å²) >= 11 is 0. The summed E-state index contributed by atoms with van der Waals surface area (Å²) in [6.07, 6.45) is 0. The van der Waals surface area contributed by atoms with Gasteiger partial charge in [0.15, 0.2) is 0 Å². The second-order valence-corrected chi connectivity index (χ2v) is 12.2. The van der Waals surface area contributed by atoms with Crippen molar-refractivity contribution in [3.05, 3.63) is 182 Å². The van der Waals surface area contributed by atoms with E-state index < -0.39 is 0 Å². The van der Waals surface area contributed by atoms with E-state index in [9.17, 15) is 0 Å². The molecule has 214 valence electrons. The molecule has 0 aliphatic carbocycles. The van der Waals surface area contributed by atoms with Crippen LogP contribution >= 0.6 is 0 Å². The van der Waals surface area contributed by atoms with Gasteiger partial charge in [-0.3, -0.25) is 0 Å². The monoisotopic (exact) mass is 582 g/mol. The summed E-state index contributed by atoms with van der Waals surface area (Å²) in [6, 6.07) is 66.6. The van der Waals surface area contributed by atoms with E-state index in [1.807, 2.05) is 0 Å². The molecule has 0 heterocycles. The molecule has 0 fully saturated rings. The predicted octanol–water partition coefficient (Wildman–Crippen LogP) is 13.0. The van der Waals surface area contributed by atoms with E-state index in [-0.39, 0.29) is 0 Å². The topological polar surface area (TPSA) is 0 Å². The van der Waals surface area contributed by atoms with Crippen molar-refractivity contribution in [1.29, 1.82) is 0 Å². The lowest BCUT2D eigenvalue weighted by Crippen LogP contribution is -1.87. The van der Waals surface area contributed by atoms with Gasteiger partial charge in [-0.25, -0.2) is 0 Å². The molecular formula is C46H30. The first kappa shape index (κ1) is 26.4. The van der Waals surface area contributed by atoms with E-state index in [2.05, 4.69) is 182 Å². The number of benzene rings is 9. The zero-order valence-corrected chi connectivity index (χ0v) is 25.3. The first-order chi connectivity index (χ1) is 22.8. The van der Waals surface area contributed by atoms with E-state index in [0.717, 1.165) is 0 Å². The van der Waals surface area contributed by atoms with Gasteiger partial charge >= 0.3 is 0 Å². The standard InChI is InChI=1S/C46H30/c1-3-9-31(10-4-1)40-27-41(32-11-5-2-6-12-32)29-42(28-40)37-19-16-33-15-18-36(25-39(33)26-37)38-20-17-35-22-23-44-43-14-8-7-13-34(43)21-24-45(44)46(35)30-38/h1-30H. The quantitative estimate of drug-likeness (QED) is 0.181. The fourth-order valence-electron chi connectivity index (χ4n) is 6.99. The minimum Gasteiger partial charge on any atom is -0.0622 e. The van der Waals surface area contributed by atoms with Gasteiger partial charge in [0, 0.05) is 0 Å². The zero-order valence-electron chi connectivity index (χ0n) is 25.3. The van der Waals surface area contributed by atoms with Crippen molar-refractivity contribution in [1.82, 2.24) is 0 Å². The Labute approximate surface area is 268 Å². The summed E-state index contributed by atoms with van der Waals surface area (Å²) in [5.41, 5.74) is 9.80. The first-order valence-electron chi connectivity index (χ1n) is 15.9. The minimum atomic E-state index is 1.22. The highest BCUT2D eigenvalue weighted by Gasteiger charge is 2.10. The molecule has 0 bridgehead atoms. The summed E-state index contributed by atoms with van der Waals surface area (Å²) in [7, 11) is 0. The van der Waals surface area contributed by atoms with E-state index in [0.29, 0.717) is 0 Å². The summed E-state index contributed by atoms with van der Waals surface area (Å²) in [5.74, 6) is 0. The highest BCUT2D eigenvalue weighted by atomic mass is 14.1. The minimum absolute atomic E-state index is 1.22.